The molecule has 1 N–H and O–H groups in total. The lowest BCUT2D eigenvalue weighted by atomic mass is 9.94. The fourth-order valence-corrected chi connectivity index (χ4v) is 3.84. The number of aromatic nitrogens is 2. The summed E-state index contributed by atoms with van der Waals surface area (Å²) in [6.45, 7) is 5.94. The molecule has 1 aromatic heterocycles. The van der Waals surface area contributed by atoms with Crippen LogP contribution in [0.5, 0.6) is 0 Å². The highest BCUT2D eigenvalue weighted by molar-refractivity contribution is 6.03. The Morgan fingerprint density at radius 3 is 2.70 bits per heavy atom. The molecule has 27 heavy (non-hydrogen) atoms. The van der Waals surface area contributed by atoms with Crippen LogP contribution in [0, 0.1) is 5.92 Å². The number of carbonyl (C=O) groups excluding carboxylic acids is 1. The molecule has 0 radical (unpaired) electrons. The first-order valence-electron chi connectivity index (χ1n) is 10.2. The van der Waals surface area contributed by atoms with Gasteiger partial charge in [0.25, 0.3) is 5.91 Å². The van der Waals surface area contributed by atoms with Crippen molar-refractivity contribution in [1.82, 2.24) is 14.7 Å². The molecule has 1 amide bonds. The maximum atomic E-state index is 12.7. The second kappa shape index (κ2) is 9.18. The molecule has 1 saturated carbocycles. The third-order valence-electron chi connectivity index (χ3n) is 5.31. The molecular weight excluding hydrogens is 336 g/mol. The Balaban J connectivity index is 1.66. The van der Waals surface area contributed by atoms with Crippen LogP contribution in [0.1, 0.15) is 62.0 Å². The second-order valence-corrected chi connectivity index (χ2v) is 8.14. The number of rotatable bonds is 7. The SMILES string of the molecule is CC(C)Cn1ccc(C(=O)Nc2ccccc2CN(C)C2CCCCC2)n1. The van der Waals surface area contributed by atoms with Gasteiger partial charge in [-0.3, -0.25) is 14.4 Å². The molecule has 0 saturated heterocycles. The van der Waals surface area contributed by atoms with Crippen LogP contribution in [0.15, 0.2) is 36.5 Å². The highest BCUT2D eigenvalue weighted by Crippen LogP contribution is 2.25. The Labute approximate surface area is 162 Å². The Bertz CT molecular complexity index is 746. The average Bonchev–Trinajstić information content (AvgIpc) is 3.12. The van der Waals surface area contributed by atoms with Crippen molar-refractivity contribution < 1.29 is 4.79 Å². The van der Waals surface area contributed by atoms with Crippen LogP contribution in [0.25, 0.3) is 0 Å². The van der Waals surface area contributed by atoms with Crippen molar-refractivity contribution in [3.8, 4) is 0 Å². The topological polar surface area (TPSA) is 50.2 Å². The fourth-order valence-electron chi connectivity index (χ4n) is 3.84. The van der Waals surface area contributed by atoms with Crippen LogP contribution in [-0.4, -0.2) is 33.7 Å². The molecule has 0 unspecified atom stereocenters. The number of amides is 1. The molecule has 5 nitrogen and oxygen atoms in total. The standard InChI is InChI=1S/C22H32N4O/c1-17(2)15-26-14-13-21(24-26)22(27)23-20-12-8-7-9-18(20)16-25(3)19-10-5-4-6-11-19/h7-9,12-14,17,19H,4-6,10-11,15-16H2,1-3H3,(H,23,27). The van der Waals surface area contributed by atoms with Crippen LogP contribution in [-0.2, 0) is 13.1 Å². The zero-order valence-corrected chi connectivity index (χ0v) is 16.8. The van der Waals surface area contributed by atoms with Gasteiger partial charge in [0.1, 0.15) is 0 Å². The van der Waals surface area contributed by atoms with Crippen LogP contribution in [0.2, 0.25) is 0 Å². The van der Waals surface area contributed by atoms with E-state index < -0.39 is 0 Å². The molecule has 1 fully saturated rings. The van der Waals surface area contributed by atoms with Gasteiger partial charge in [-0.25, -0.2) is 0 Å². The molecule has 1 aliphatic carbocycles. The summed E-state index contributed by atoms with van der Waals surface area (Å²) < 4.78 is 1.84. The Kier molecular flexibility index (Phi) is 6.67. The summed E-state index contributed by atoms with van der Waals surface area (Å²) in [4.78, 5) is 15.1. The van der Waals surface area contributed by atoms with E-state index in [-0.39, 0.29) is 5.91 Å². The van der Waals surface area contributed by atoms with Crippen molar-refractivity contribution in [2.45, 2.75) is 65.1 Å². The first-order valence-corrected chi connectivity index (χ1v) is 10.2. The molecule has 0 spiro atoms. The van der Waals surface area contributed by atoms with Gasteiger partial charge in [0, 0.05) is 31.0 Å². The van der Waals surface area contributed by atoms with E-state index in [1.165, 1.54) is 32.1 Å². The minimum atomic E-state index is -0.148. The average molecular weight is 369 g/mol. The van der Waals surface area contributed by atoms with E-state index in [0.29, 0.717) is 17.7 Å². The van der Waals surface area contributed by atoms with Gasteiger partial charge < -0.3 is 5.32 Å². The van der Waals surface area contributed by atoms with Gasteiger partial charge in [-0.05, 0) is 43.5 Å². The lowest BCUT2D eigenvalue weighted by molar-refractivity contribution is 0.102. The summed E-state index contributed by atoms with van der Waals surface area (Å²) in [5, 5.41) is 7.47. The number of anilines is 1. The summed E-state index contributed by atoms with van der Waals surface area (Å²) in [5.41, 5.74) is 2.50. The summed E-state index contributed by atoms with van der Waals surface area (Å²) in [5.74, 6) is 0.349. The fraction of sp³-hybridized carbons (Fsp3) is 0.545. The summed E-state index contributed by atoms with van der Waals surface area (Å²) >= 11 is 0. The largest absolute Gasteiger partial charge is 0.320 e. The van der Waals surface area contributed by atoms with Gasteiger partial charge in [0.15, 0.2) is 5.69 Å². The molecule has 5 heteroatoms. The lowest BCUT2D eigenvalue weighted by Gasteiger charge is -2.31. The Morgan fingerprint density at radius 1 is 1.22 bits per heavy atom. The van der Waals surface area contributed by atoms with Gasteiger partial charge in [-0.15, -0.1) is 0 Å². The van der Waals surface area contributed by atoms with E-state index in [1.54, 1.807) is 6.07 Å². The zero-order valence-electron chi connectivity index (χ0n) is 16.8. The Hall–Kier alpha value is -2.14. The van der Waals surface area contributed by atoms with Crippen LogP contribution < -0.4 is 5.32 Å². The van der Waals surface area contributed by atoms with Gasteiger partial charge in [0.05, 0.1) is 0 Å². The molecule has 0 atom stereocenters. The van der Waals surface area contributed by atoms with E-state index in [1.807, 2.05) is 29.1 Å². The highest BCUT2D eigenvalue weighted by atomic mass is 16.1. The molecule has 1 aromatic carbocycles. The van der Waals surface area contributed by atoms with Crippen LogP contribution in [0.3, 0.4) is 0 Å². The smallest absolute Gasteiger partial charge is 0.276 e. The number of para-hydroxylation sites is 1. The Morgan fingerprint density at radius 2 is 1.96 bits per heavy atom. The van der Waals surface area contributed by atoms with Crippen molar-refractivity contribution in [2.24, 2.45) is 5.92 Å². The molecule has 0 aliphatic heterocycles. The first-order chi connectivity index (χ1) is 13.0. The van der Waals surface area contributed by atoms with Crippen molar-refractivity contribution in [1.29, 1.82) is 0 Å². The van der Waals surface area contributed by atoms with E-state index >= 15 is 0 Å². The molecule has 146 valence electrons. The summed E-state index contributed by atoms with van der Waals surface area (Å²) in [7, 11) is 2.20. The predicted octanol–water partition coefficient (Wildman–Crippen LogP) is 4.56. The quantitative estimate of drug-likeness (QED) is 0.780. The number of nitrogens with zero attached hydrogens (tertiary/aromatic N) is 3. The lowest BCUT2D eigenvalue weighted by Crippen LogP contribution is -2.33. The van der Waals surface area contributed by atoms with E-state index in [9.17, 15) is 4.79 Å². The maximum absolute atomic E-state index is 12.7. The second-order valence-electron chi connectivity index (χ2n) is 8.14. The predicted molar refractivity (Wildman–Crippen MR) is 110 cm³/mol. The number of nitrogens with one attached hydrogen (secondary N) is 1. The minimum Gasteiger partial charge on any atom is -0.320 e. The summed E-state index contributed by atoms with van der Waals surface area (Å²) in [6, 6.07) is 10.5. The minimum absolute atomic E-state index is 0.148. The van der Waals surface area contributed by atoms with Crippen molar-refractivity contribution in [2.75, 3.05) is 12.4 Å². The van der Waals surface area contributed by atoms with Gasteiger partial charge in [-0.1, -0.05) is 51.3 Å². The number of hydrogen-bond acceptors (Lipinski definition) is 3. The highest BCUT2D eigenvalue weighted by Gasteiger charge is 2.19. The van der Waals surface area contributed by atoms with Gasteiger partial charge in [-0.2, -0.15) is 5.10 Å². The molecule has 0 bridgehead atoms. The molecule has 3 rings (SSSR count). The van der Waals surface area contributed by atoms with Crippen LogP contribution in [0.4, 0.5) is 5.69 Å². The number of benzene rings is 1. The number of carbonyl (C=O) groups is 1. The molecule has 1 heterocycles. The molecule has 2 aromatic rings. The maximum Gasteiger partial charge on any atom is 0.276 e. The van der Waals surface area contributed by atoms with E-state index in [0.717, 1.165) is 24.3 Å². The van der Waals surface area contributed by atoms with Crippen LogP contribution >= 0.6 is 0 Å². The zero-order chi connectivity index (χ0) is 19.2. The molecule has 1 aliphatic rings. The molecular formula is C22H32N4O. The van der Waals surface area contributed by atoms with Crippen molar-refractivity contribution in [3.63, 3.8) is 0 Å². The third-order valence-corrected chi connectivity index (χ3v) is 5.31. The monoisotopic (exact) mass is 368 g/mol. The normalized spacial score (nSPS) is 15.4. The van der Waals surface area contributed by atoms with Crippen molar-refractivity contribution >= 4 is 11.6 Å². The van der Waals surface area contributed by atoms with E-state index in [4.69, 9.17) is 0 Å². The van der Waals surface area contributed by atoms with Gasteiger partial charge >= 0.3 is 0 Å². The third kappa shape index (κ3) is 5.42. The summed E-state index contributed by atoms with van der Waals surface area (Å²) in [6.07, 6.45) is 8.44. The van der Waals surface area contributed by atoms with E-state index in [2.05, 4.69) is 42.3 Å². The van der Waals surface area contributed by atoms with Gasteiger partial charge in [0.2, 0.25) is 0 Å². The number of hydrogen-bond donors (Lipinski definition) is 1. The van der Waals surface area contributed by atoms with Crippen molar-refractivity contribution in [3.05, 3.63) is 47.8 Å². The first kappa shape index (κ1) is 19.6.